The number of likely N-dealkylation sites (N-methyl/N-ethyl adjacent to an activating group) is 1. The van der Waals surface area contributed by atoms with Crippen LogP contribution >= 0.6 is 0 Å². The maximum absolute atomic E-state index is 12.1. The number of carbonyl (C=O) groups excluding carboxylic acids is 1. The summed E-state index contributed by atoms with van der Waals surface area (Å²) in [5, 5.41) is 21.0. The first-order chi connectivity index (χ1) is 18.4. The molecular formula is C30H40N2O6. The van der Waals surface area contributed by atoms with E-state index in [1.165, 1.54) is 0 Å². The summed E-state index contributed by atoms with van der Waals surface area (Å²) < 4.78 is 12.7. The van der Waals surface area contributed by atoms with Crippen LogP contribution in [0.15, 0.2) is 61.2 Å². The number of aliphatic carboxylic acids is 1. The van der Waals surface area contributed by atoms with Crippen molar-refractivity contribution in [2.75, 3.05) is 20.1 Å². The first-order valence-electron chi connectivity index (χ1n) is 13.2. The van der Waals surface area contributed by atoms with E-state index < -0.39 is 12.3 Å². The van der Waals surface area contributed by atoms with Gasteiger partial charge in [-0.1, -0.05) is 61.0 Å². The van der Waals surface area contributed by atoms with Gasteiger partial charge in [0.15, 0.2) is 6.29 Å². The van der Waals surface area contributed by atoms with Crippen LogP contribution in [0.25, 0.3) is 0 Å². The summed E-state index contributed by atoms with van der Waals surface area (Å²) in [5.74, 6) is -0.838. The molecule has 2 aromatic rings. The molecule has 1 fully saturated rings. The van der Waals surface area contributed by atoms with E-state index in [0.29, 0.717) is 25.8 Å². The normalized spacial score (nSPS) is 19.3. The number of hydrogen-bond acceptors (Lipinski definition) is 6. The zero-order valence-corrected chi connectivity index (χ0v) is 22.2. The monoisotopic (exact) mass is 524 g/mol. The molecular weight excluding hydrogens is 484 g/mol. The van der Waals surface area contributed by atoms with Crippen LogP contribution in [0, 0.1) is 0 Å². The van der Waals surface area contributed by atoms with Crippen molar-refractivity contribution in [3.8, 4) is 0 Å². The van der Waals surface area contributed by atoms with Gasteiger partial charge in [0.2, 0.25) is 5.91 Å². The van der Waals surface area contributed by atoms with E-state index in [1.807, 2.05) is 61.7 Å². The molecule has 0 bridgehead atoms. The van der Waals surface area contributed by atoms with Crippen molar-refractivity contribution in [2.24, 2.45) is 0 Å². The zero-order chi connectivity index (χ0) is 27.3. The minimum Gasteiger partial charge on any atom is -0.481 e. The molecule has 3 rings (SSSR count). The van der Waals surface area contributed by atoms with E-state index in [1.54, 1.807) is 0 Å². The minimum absolute atomic E-state index is 0.00606. The molecule has 3 atom stereocenters. The van der Waals surface area contributed by atoms with Gasteiger partial charge in [0.1, 0.15) is 0 Å². The Morgan fingerprint density at radius 2 is 1.66 bits per heavy atom. The molecule has 206 valence electrons. The highest BCUT2D eigenvalue weighted by Gasteiger charge is 2.32. The van der Waals surface area contributed by atoms with Gasteiger partial charge in [-0.15, -0.1) is 6.58 Å². The lowest BCUT2D eigenvalue weighted by atomic mass is 9.99. The van der Waals surface area contributed by atoms with Gasteiger partial charge >= 0.3 is 5.97 Å². The van der Waals surface area contributed by atoms with Crippen molar-refractivity contribution in [3.63, 3.8) is 0 Å². The van der Waals surface area contributed by atoms with Crippen LogP contribution in [0.2, 0.25) is 0 Å². The number of aliphatic hydroxyl groups is 1. The number of hydrogen-bond donors (Lipinski definition) is 3. The molecule has 8 heteroatoms. The van der Waals surface area contributed by atoms with Crippen molar-refractivity contribution in [2.45, 2.75) is 70.2 Å². The third-order valence-electron chi connectivity index (χ3n) is 6.61. The average Bonchev–Trinajstić information content (AvgIpc) is 2.92. The Morgan fingerprint density at radius 1 is 1.00 bits per heavy atom. The summed E-state index contributed by atoms with van der Waals surface area (Å²) in [4.78, 5) is 24.8. The number of ether oxygens (including phenoxy) is 2. The first-order valence-corrected chi connectivity index (χ1v) is 13.2. The number of aliphatic hydroxyl groups excluding tert-OH is 1. The molecule has 0 spiro atoms. The second kappa shape index (κ2) is 15.4. The Labute approximate surface area is 225 Å². The summed E-state index contributed by atoms with van der Waals surface area (Å²) in [6.45, 7) is 5.77. The topological polar surface area (TPSA) is 108 Å². The van der Waals surface area contributed by atoms with Crippen molar-refractivity contribution in [3.05, 3.63) is 83.4 Å². The molecule has 1 aliphatic rings. The SMILES string of the molecule is C=CCN(C)C[C@@H]1C[C@H](c2ccc(CO)cc2)O[C@H](c2ccc(CNC(=O)CCCCCC(=O)O)cc2)O1. The van der Waals surface area contributed by atoms with Crippen LogP contribution in [0.4, 0.5) is 0 Å². The molecule has 1 heterocycles. The Hall–Kier alpha value is -3.04. The van der Waals surface area contributed by atoms with Gasteiger partial charge in [0.05, 0.1) is 18.8 Å². The highest BCUT2D eigenvalue weighted by atomic mass is 16.7. The molecule has 1 amide bonds. The van der Waals surface area contributed by atoms with Crippen molar-refractivity contribution < 1.29 is 29.3 Å². The lowest BCUT2D eigenvalue weighted by molar-refractivity contribution is -0.252. The third-order valence-corrected chi connectivity index (χ3v) is 6.61. The first kappa shape index (κ1) is 29.5. The Balaban J connectivity index is 1.58. The third kappa shape index (κ3) is 9.68. The lowest BCUT2D eigenvalue weighted by Crippen LogP contribution is -2.37. The summed E-state index contributed by atoms with van der Waals surface area (Å²) in [6.07, 6.45) is 4.44. The number of rotatable bonds is 15. The molecule has 0 unspecified atom stereocenters. The number of benzene rings is 2. The number of nitrogens with zero attached hydrogens (tertiary/aromatic N) is 1. The van der Waals surface area contributed by atoms with Crippen molar-refractivity contribution in [1.82, 2.24) is 10.2 Å². The van der Waals surface area contributed by atoms with Crippen LogP contribution in [-0.2, 0) is 32.2 Å². The minimum atomic E-state index is -0.801. The van der Waals surface area contributed by atoms with E-state index in [2.05, 4.69) is 16.8 Å². The molecule has 1 saturated heterocycles. The standard InChI is InChI=1S/C30H40N2O6/c1-3-17-32(2)20-26-18-27(24-13-11-23(21-33)12-14-24)38-30(37-26)25-15-9-22(10-16-25)19-31-28(34)7-5-4-6-8-29(35)36/h3,9-16,26-27,30,33H,1,4-8,17-21H2,2H3,(H,31,34)(H,35,36)/t26-,27+,30+/m0/s1. The molecule has 3 N–H and O–H groups in total. The molecule has 8 nitrogen and oxygen atoms in total. The van der Waals surface area contributed by atoms with E-state index in [4.69, 9.17) is 14.6 Å². The average molecular weight is 525 g/mol. The van der Waals surface area contributed by atoms with Gasteiger partial charge in [-0.25, -0.2) is 0 Å². The summed E-state index contributed by atoms with van der Waals surface area (Å²) in [7, 11) is 2.04. The van der Waals surface area contributed by atoms with Crippen LogP contribution in [0.5, 0.6) is 0 Å². The quantitative estimate of drug-likeness (QED) is 0.233. The number of amides is 1. The van der Waals surface area contributed by atoms with Gasteiger partial charge in [0, 0.05) is 44.5 Å². The van der Waals surface area contributed by atoms with E-state index in [-0.39, 0.29) is 31.1 Å². The van der Waals surface area contributed by atoms with Crippen LogP contribution < -0.4 is 5.32 Å². The van der Waals surface area contributed by atoms with Crippen LogP contribution in [0.1, 0.15) is 73.2 Å². The van der Waals surface area contributed by atoms with Crippen LogP contribution in [0.3, 0.4) is 0 Å². The number of carboxylic acid groups (broad SMARTS) is 1. The number of nitrogens with one attached hydrogen (secondary N) is 1. The fourth-order valence-corrected chi connectivity index (χ4v) is 4.50. The van der Waals surface area contributed by atoms with E-state index in [9.17, 15) is 14.7 Å². The summed E-state index contributed by atoms with van der Waals surface area (Å²) in [5.41, 5.74) is 3.79. The van der Waals surface area contributed by atoms with Gasteiger partial charge < -0.3 is 29.9 Å². The zero-order valence-electron chi connectivity index (χ0n) is 22.2. The smallest absolute Gasteiger partial charge is 0.303 e. The fraction of sp³-hybridized carbons (Fsp3) is 0.467. The largest absolute Gasteiger partial charge is 0.481 e. The Morgan fingerprint density at radius 3 is 2.32 bits per heavy atom. The van der Waals surface area contributed by atoms with Crippen molar-refractivity contribution in [1.29, 1.82) is 0 Å². The molecule has 0 radical (unpaired) electrons. The molecule has 0 aromatic heterocycles. The van der Waals surface area contributed by atoms with Crippen LogP contribution in [-0.4, -0.2) is 53.2 Å². The number of carboxylic acids is 1. The Bertz CT molecular complexity index is 1020. The molecule has 1 aliphatic heterocycles. The number of carbonyl (C=O) groups is 2. The maximum Gasteiger partial charge on any atom is 0.303 e. The molecule has 2 aromatic carbocycles. The van der Waals surface area contributed by atoms with Gasteiger partial charge in [-0.05, 0) is 36.6 Å². The molecule has 0 aliphatic carbocycles. The highest BCUT2D eigenvalue weighted by molar-refractivity contribution is 5.75. The predicted molar refractivity (Wildman–Crippen MR) is 145 cm³/mol. The fourth-order valence-electron chi connectivity index (χ4n) is 4.50. The van der Waals surface area contributed by atoms with Gasteiger partial charge in [0.25, 0.3) is 0 Å². The summed E-state index contributed by atoms with van der Waals surface area (Å²) in [6, 6.07) is 15.7. The van der Waals surface area contributed by atoms with E-state index in [0.717, 1.165) is 48.2 Å². The Kier molecular flexibility index (Phi) is 12.0. The molecule has 38 heavy (non-hydrogen) atoms. The van der Waals surface area contributed by atoms with Gasteiger partial charge in [-0.2, -0.15) is 0 Å². The predicted octanol–water partition coefficient (Wildman–Crippen LogP) is 4.49. The summed E-state index contributed by atoms with van der Waals surface area (Å²) >= 11 is 0. The molecule has 0 saturated carbocycles. The second-order valence-corrected chi connectivity index (χ2v) is 9.83. The maximum atomic E-state index is 12.1. The van der Waals surface area contributed by atoms with Gasteiger partial charge in [-0.3, -0.25) is 9.59 Å². The highest BCUT2D eigenvalue weighted by Crippen LogP contribution is 2.38. The second-order valence-electron chi connectivity index (χ2n) is 9.83. The van der Waals surface area contributed by atoms with Crippen molar-refractivity contribution >= 4 is 11.9 Å². The van der Waals surface area contributed by atoms with E-state index >= 15 is 0 Å². The lowest BCUT2D eigenvalue weighted by Gasteiger charge is -2.37. The number of unbranched alkanes of at least 4 members (excludes halogenated alkanes) is 2.